The molecule has 16 heavy (non-hydrogen) atoms. The molecule has 1 unspecified atom stereocenters. The highest BCUT2D eigenvalue weighted by atomic mass is 79.9. The molecule has 0 aliphatic heterocycles. The lowest BCUT2D eigenvalue weighted by atomic mass is 10.2. The molecule has 1 rings (SSSR count). The lowest BCUT2D eigenvalue weighted by Gasteiger charge is -2.18. The molecule has 0 radical (unpaired) electrons. The predicted octanol–water partition coefficient (Wildman–Crippen LogP) is 2.98. The topological polar surface area (TPSA) is 29.9 Å². The van der Waals surface area contributed by atoms with E-state index in [-0.39, 0.29) is 0 Å². The fourth-order valence-electron chi connectivity index (χ4n) is 1.64. The molecule has 1 N–H and O–H groups in total. The van der Waals surface area contributed by atoms with Crippen molar-refractivity contribution in [1.82, 2.24) is 15.1 Å². The van der Waals surface area contributed by atoms with Gasteiger partial charge in [-0.2, -0.15) is 16.9 Å². The number of hydrogen-bond acceptors (Lipinski definition) is 3. The number of halogens is 1. The minimum absolute atomic E-state index is 0.378. The number of nitrogens with zero attached hydrogens (tertiary/aromatic N) is 2. The summed E-state index contributed by atoms with van der Waals surface area (Å²) in [5, 5.41) is 7.78. The summed E-state index contributed by atoms with van der Waals surface area (Å²) in [5.41, 5.74) is 1.24. The summed E-state index contributed by atoms with van der Waals surface area (Å²) in [6.07, 6.45) is 3.10. The number of thioether (sulfide) groups is 1. The van der Waals surface area contributed by atoms with Gasteiger partial charge in [0.15, 0.2) is 0 Å². The summed E-state index contributed by atoms with van der Waals surface area (Å²) >= 11 is 5.56. The normalized spacial score (nSPS) is 13.0. The van der Waals surface area contributed by atoms with Crippen LogP contribution >= 0.6 is 27.7 Å². The Balaban J connectivity index is 2.68. The van der Waals surface area contributed by atoms with Crippen molar-refractivity contribution < 1.29 is 0 Å². The third-order valence-electron chi connectivity index (χ3n) is 2.35. The number of hydrogen-bond donors (Lipinski definition) is 1. The maximum Gasteiger partial charge on any atom is 0.0700 e. The summed E-state index contributed by atoms with van der Waals surface area (Å²) < 4.78 is 3.04. The maximum atomic E-state index is 4.27. The third kappa shape index (κ3) is 3.79. The van der Waals surface area contributed by atoms with E-state index >= 15 is 0 Å². The Kier molecular flexibility index (Phi) is 6.46. The summed E-state index contributed by atoms with van der Waals surface area (Å²) in [4.78, 5) is 0. The van der Waals surface area contributed by atoms with Crippen LogP contribution < -0.4 is 5.32 Å². The van der Waals surface area contributed by atoms with Crippen LogP contribution in [-0.4, -0.2) is 27.8 Å². The van der Waals surface area contributed by atoms with Crippen molar-refractivity contribution in [2.45, 2.75) is 26.3 Å². The number of aromatic nitrogens is 2. The van der Waals surface area contributed by atoms with Crippen LogP contribution in [0.5, 0.6) is 0 Å². The Bertz CT molecular complexity index is 295. The van der Waals surface area contributed by atoms with Gasteiger partial charge in [0.05, 0.1) is 22.4 Å². The fourth-order valence-corrected chi connectivity index (χ4v) is 3.23. The number of rotatable bonds is 7. The molecule has 0 aliphatic rings. The van der Waals surface area contributed by atoms with Gasteiger partial charge in [-0.3, -0.25) is 4.68 Å². The molecule has 1 aromatic rings. The zero-order chi connectivity index (χ0) is 12.0. The minimum atomic E-state index is 0.378. The van der Waals surface area contributed by atoms with Crippen molar-refractivity contribution in [3.8, 4) is 0 Å². The van der Waals surface area contributed by atoms with Crippen molar-refractivity contribution in [2.75, 3.05) is 18.1 Å². The molecule has 0 fully saturated rings. The summed E-state index contributed by atoms with van der Waals surface area (Å²) in [7, 11) is 1.99. The van der Waals surface area contributed by atoms with Crippen LogP contribution in [0, 0.1) is 0 Å². The zero-order valence-electron chi connectivity index (χ0n) is 10.2. The van der Waals surface area contributed by atoms with Crippen LogP contribution in [0.15, 0.2) is 10.7 Å². The maximum absolute atomic E-state index is 4.27. The molecular formula is C11H20BrN3S. The molecule has 92 valence electrons. The Labute approximate surface area is 110 Å². The van der Waals surface area contributed by atoms with Gasteiger partial charge in [0.2, 0.25) is 0 Å². The van der Waals surface area contributed by atoms with E-state index in [0.29, 0.717) is 6.04 Å². The Morgan fingerprint density at radius 1 is 1.56 bits per heavy atom. The highest BCUT2D eigenvalue weighted by Crippen LogP contribution is 2.25. The van der Waals surface area contributed by atoms with Gasteiger partial charge in [-0.25, -0.2) is 0 Å². The van der Waals surface area contributed by atoms with Crippen molar-refractivity contribution in [1.29, 1.82) is 0 Å². The number of nitrogens with one attached hydrogen (secondary N) is 1. The van der Waals surface area contributed by atoms with E-state index in [1.807, 2.05) is 29.7 Å². The standard InChI is InChI=1S/C11H20BrN3S/c1-4-6-16-8-10(13-5-2)11-9(12)7-14-15(11)3/h7,10,13H,4-6,8H2,1-3H3. The van der Waals surface area contributed by atoms with Crippen LogP contribution in [0.4, 0.5) is 0 Å². The monoisotopic (exact) mass is 305 g/mol. The molecule has 0 spiro atoms. The van der Waals surface area contributed by atoms with Crippen LogP contribution in [0.25, 0.3) is 0 Å². The van der Waals surface area contributed by atoms with Crippen molar-refractivity contribution >= 4 is 27.7 Å². The van der Waals surface area contributed by atoms with E-state index in [4.69, 9.17) is 0 Å². The molecule has 1 aromatic heterocycles. The van der Waals surface area contributed by atoms with E-state index < -0.39 is 0 Å². The van der Waals surface area contributed by atoms with Gasteiger partial charge in [-0.1, -0.05) is 13.8 Å². The second-order valence-electron chi connectivity index (χ2n) is 3.69. The van der Waals surface area contributed by atoms with E-state index in [1.165, 1.54) is 17.9 Å². The SMILES string of the molecule is CCCSCC(NCC)c1c(Br)cnn1C. The Morgan fingerprint density at radius 3 is 2.81 bits per heavy atom. The molecule has 0 saturated heterocycles. The zero-order valence-corrected chi connectivity index (χ0v) is 12.6. The smallest absolute Gasteiger partial charge is 0.0700 e. The third-order valence-corrected chi connectivity index (χ3v) is 4.23. The Morgan fingerprint density at radius 2 is 2.31 bits per heavy atom. The van der Waals surface area contributed by atoms with Gasteiger partial charge in [0.25, 0.3) is 0 Å². The van der Waals surface area contributed by atoms with Gasteiger partial charge in [-0.15, -0.1) is 0 Å². The summed E-state index contributed by atoms with van der Waals surface area (Å²) in [6, 6.07) is 0.378. The summed E-state index contributed by atoms with van der Waals surface area (Å²) in [5.74, 6) is 2.32. The van der Waals surface area contributed by atoms with E-state index in [1.54, 1.807) is 0 Å². The largest absolute Gasteiger partial charge is 0.308 e. The van der Waals surface area contributed by atoms with Crippen LogP contribution in [0.2, 0.25) is 0 Å². The molecule has 3 nitrogen and oxygen atoms in total. The van der Waals surface area contributed by atoms with Gasteiger partial charge >= 0.3 is 0 Å². The second kappa shape index (κ2) is 7.35. The first kappa shape index (κ1) is 14.1. The van der Waals surface area contributed by atoms with E-state index in [0.717, 1.165) is 16.8 Å². The minimum Gasteiger partial charge on any atom is -0.308 e. The van der Waals surface area contributed by atoms with Crippen molar-refractivity contribution in [3.05, 3.63) is 16.4 Å². The lowest BCUT2D eigenvalue weighted by molar-refractivity contribution is 0.551. The first-order valence-corrected chi connectivity index (χ1v) is 7.64. The van der Waals surface area contributed by atoms with Crippen LogP contribution in [0.3, 0.4) is 0 Å². The average Bonchev–Trinajstić information content (AvgIpc) is 2.58. The van der Waals surface area contributed by atoms with E-state index in [2.05, 4.69) is 40.2 Å². The fraction of sp³-hybridized carbons (Fsp3) is 0.727. The molecule has 0 amide bonds. The molecule has 0 aromatic carbocycles. The highest BCUT2D eigenvalue weighted by molar-refractivity contribution is 9.10. The van der Waals surface area contributed by atoms with Crippen molar-refractivity contribution in [2.24, 2.45) is 7.05 Å². The van der Waals surface area contributed by atoms with Gasteiger partial charge in [-0.05, 0) is 34.6 Å². The second-order valence-corrected chi connectivity index (χ2v) is 5.69. The Hall–Kier alpha value is 0. The quantitative estimate of drug-likeness (QED) is 0.786. The van der Waals surface area contributed by atoms with E-state index in [9.17, 15) is 0 Å². The predicted molar refractivity (Wildman–Crippen MR) is 74.9 cm³/mol. The molecule has 1 heterocycles. The van der Waals surface area contributed by atoms with Crippen LogP contribution in [0.1, 0.15) is 32.0 Å². The molecule has 5 heteroatoms. The highest BCUT2D eigenvalue weighted by Gasteiger charge is 2.17. The molecule has 0 aliphatic carbocycles. The molecular weight excluding hydrogens is 286 g/mol. The molecule has 1 atom stereocenters. The molecule has 0 saturated carbocycles. The van der Waals surface area contributed by atoms with Gasteiger partial charge in [0.1, 0.15) is 0 Å². The molecule has 0 bridgehead atoms. The van der Waals surface area contributed by atoms with Gasteiger partial charge in [0, 0.05) is 12.8 Å². The van der Waals surface area contributed by atoms with Gasteiger partial charge < -0.3 is 5.32 Å². The first-order chi connectivity index (χ1) is 7.70. The summed E-state index contributed by atoms with van der Waals surface area (Å²) in [6.45, 7) is 5.34. The van der Waals surface area contributed by atoms with Crippen LogP contribution in [-0.2, 0) is 7.05 Å². The average molecular weight is 306 g/mol. The number of aryl methyl sites for hydroxylation is 1. The first-order valence-electron chi connectivity index (χ1n) is 5.69. The lowest BCUT2D eigenvalue weighted by Crippen LogP contribution is -2.25. The van der Waals surface area contributed by atoms with Crippen molar-refractivity contribution in [3.63, 3.8) is 0 Å².